The van der Waals surface area contributed by atoms with Crippen LogP contribution in [0.5, 0.6) is 0 Å². The Labute approximate surface area is 157 Å². The van der Waals surface area contributed by atoms with Gasteiger partial charge in [0.25, 0.3) is 5.56 Å². The summed E-state index contributed by atoms with van der Waals surface area (Å²) in [6.45, 7) is 1.71. The molecule has 0 saturated heterocycles. The lowest BCUT2D eigenvalue weighted by Gasteiger charge is -2.06. The highest BCUT2D eigenvalue weighted by Crippen LogP contribution is 2.23. The van der Waals surface area contributed by atoms with E-state index >= 15 is 0 Å². The first-order chi connectivity index (χ1) is 12.5. The van der Waals surface area contributed by atoms with Gasteiger partial charge in [-0.3, -0.25) is 4.79 Å². The van der Waals surface area contributed by atoms with Crippen LogP contribution in [0, 0.1) is 6.92 Å². The number of aryl methyl sites for hydroxylation is 2. The molecule has 0 aliphatic rings. The molecular formula is C19H15BrN4O2. The molecule has 130 valence electrons. The van der Waals surface area contributed by atoms with Crippen LogP contribution in [0.4, 0.5) is 0 Å². The molecule has 0 N–H and O–H groups in total. The van der Waals surface area contributed by atoms with Crippen LogP contribution in [0.25, 0.3) is 22.4 Å². The Morgan fingerprint density at radius 2 is 1.96 bits per heavy atom. The first kappa shape index (κ1) is 16.7. The Morgan fingerprint density at radius 1 is 1.15 bits per heavy atom. The smallest absolute Gasteiger partial charge is 0.272 e. The van der Waals surface area contributed by atoms with Gasteiger partial charge in [0.1, 0.15) is 5.69 Å². The second-order valence-corrected chi connectivity index (χ2v) is 6.90. The van der Waals surface area contributed by atoms with E-state index in [4.69, 9.17) is 4.52 Å². The minimum Gasteiger partial charge on any atom is -0.339 e. The largest absolute Gasteiger partial charge is 0.339 e. The first-order valence-electron chi connectivity index (χ1n) is 8.06. The SMILES string of the molecule is Cc1nc2cc(-c3noc(Cc4ccccc4Br)n3)ccc2n(C)c1=O. The summed E-state index contributed by atoms with van der Waals surface area (Å²) in [4.78, 5) is 20.9. The molecule has 2 heterocycles. The van der Waals surface area contributed by atoms with Crippen molar-refractivity contribution in [2.45, 2.75) is 13.3 Å². The van der Waals surface area contributed by atoms with Gasteiger partial charge in [-0.1, -0.05) is 39.3 Å². The van der Waals surface area contributed by atoms with Gasteiger partial charge in [-0.25, -0.2) is 4.98 Å². The summed E-state index contributed by atoms with van der Waals surface area (Å²) in [6, 6.07) is 13.5. The maximum atomic E-state index is 12.0. The van der Waals surface area contributed by atoms with Crippen molar-refractivity contribution in [3.8, 4) is 11.4 Å². The van der Waals surface area contributed by atoms with Crippen molar-refractivity contribution in [3.05, 3.63) is 74.4 Å². The third-order valence-electron chi connectivity index (χ3n) is 4.26. The van der Waals surface area contributed by atoms with Gasteiger partial charge in [0.2, 0.25) is 11.7 Å². The molecule has 2 aromatic carbocycles. The van der Waals surface area contributed by atoms with Gasteiger partial charge in [0.05, 0.1) is 17.5 Å². The van der Waals surface area contributed by atoms with Crippen molar-refractivity contribution in [1.82, 2.24) is 19.7 Å². The van der Waals surface area contributed by atoms with Crippen LogP contribution in [0.2, 0.25) is 0 Å². The van der Waals surface area contributed by atoms with Crippen molar-refractivity contribution in [3.63, 3.8) is 0 Å². The van der Waals surface area contributed by atoms with Crippen LogP contribution in [0.3, 0.4) is 0 Å². The number of benzene rings is 2. The first-order valence-corrected chi connectivity index (χ1v) is 8.86. The highest BCUT2D eigenvalue weighted by atomic mass is 79.9. The van der Waals surface area contributed by atoms with Gasteiger partial charge < -0.3 is 9.09 Å². The summed E-state index contributed by atoms with van der Waals surface area (Å²) in [7, 11) is 1.74. The van der Waals surface area contributed by atoms with Gasteiger partial charge in [0.15, 0.2) is 0 Å². The molecule has 6 nitrogen and oxygen atoms in total. The number of nitrogens with zero attached hydrogens (tertiary/aromatic N) is 4. The molecular weight excluding hydrogens is 396 g/mol. The molecule has 4 rings (SSSR count). The van der Waals surface area contributed by atoms with Crippen molar-refractivity contribution >= 4 is 27.0 Å². The van der Waals surface area contributed by atoms with Crippen LogP contribution in [0.1, 0.15) is 17.1 Å². The Morgan fingerprint density at radius 3 is 2.77 bits per heavy atom. The molecule has 0 atom stereocenters. The maximum absolute atomic E-state index is 12.0. The standard InChI is InChI=1S/C19H15BrN4O2/c1-11-19(25)24(2)16-8-7-13(9-15(16)21-11)18-22-17(26-23-18)10-12-5-3-4-6-14(12)20/h3-9H,10H2,1-2H3. The minimum absolute atomic E-state index is 0.0967. The van der Waals surface area contributed by atoms with E-state index in [1.165, 1.54) is 0 Å². The van der Waals surface area contributed by atoms with E-state index in [1.807, 2.05) is 42.5 Å². The van der Waals surface area contributed by atoms with Crippen molar-refractivity contribution in [1.29, 1.82) is 0 Å². The quantitative estimate of drug-likeness (QED) is 0.515. The number of hydrogen-bond donors (Lipinski definition) is 0. The van der Waals surface area contributed by atoms with Crippen molar-refractivity contribution in [2.24, 2.45) is 7.05 Å². The second kappa shape index (κ2) is 6.49. The van der Waals surface area contributed by atoms with Crippen molar-refractivity contribution in [2.75, 3.05) is 0 Å². The third-order valence-corrected chi connectivity index (χ3v) is 5.04. The van der Waals surface area contributed by atoms with Gasteiger partial charge in [0, 0.05) is 17.1 Å². The fourth-order valence-electron chi connectivity index (χ4n) is 2.86. The summed E-state index contributed by atoms with van der Waals surface area (Å²) in [5.74, 6) is 1.04. The van der Waals surface area contributed by atoms with Crippen LogP contribution in [-0.4, -0.2) is 19.7 Å². The minimum atomic E-state index is -0.0967. The molecule has 26 heavy (non-hydrogen) atoms. The van der Waals surface area contributed by atoms with E-state index in [9.17, 15) is 4.79 Å². The molecule has 0 aliphatic heterocycles. The number of aromatic nitrogens is 4. The third kappa shape index (κ3) is 2.94. The van der Waals surface area contributed by atoms with E-state index in [1.54, 1.807) is 18.5 Å². The summed E-state index contributed by atoms with van der Waals surface area (Å²) in [5, 5.41) is 4.08. The van der Waals surface area contributed by atoms with Crippen molar-refractivity contribution < 1.29 is 4.52 Å². The molecule has 4 aromatic rings. The van der Waals surface area contributed by atoms with Gasteiger partial charge in [-0.15, -0.1) is 0 Å². The second-order valence-electron chi connectivity index (χ2n) is 6.04. The predicted molar refractivity (Wildman–Crippen MR) is 102 cm³/mol. The summed E-state index contributed by atoms with van der Waals surface area (Å²) in [5.41, 5.74) is 3.72. The summed E-state index contributed by atoms with van der Waals surface area (Å²) in [6.07, 6.45) is 0.549. The van der Waals surface area contributed by atoms with E-state index < -0.39 is 0 Å². The lowest BCUT2D eigenvalue weighted by molar-refractivity contribution is 0.385. The van der Waals surface area contributed by atoms with Crippen LogP contribution in [-0.2, 0) is 13.5 Å². The highest BCUT2D eigenvalue weighted by molar-refractivity contribution is 9.10. The van der Waals surface area contributed by atoms with Gasteiger partial charge in [-0.05, 0) is 36.8 Å². The average Bonchev–Trinajstić information content (AvgIpc) is 3.10. The zero-order valence-electron chi connectivity index (χ0n) is 14.2. The van der Waals surface area contributed by atoms with Crippen LogP contribution in [0.15, 0.2) is 56.3 Å². The van der Waals surface area contributed by atoms with Crippen LogP contribution < -0.4 is 5.56 Å². The molecule has 2 aromatic heterocycles. The molecule has 0 radical (unpaired) electrons. The highest BCUT2D eigenvalue weighted by Gasteiger charge is 2.13. The molecule has 0 amide bonds. The molecule has 0 unspecified atom stereocenters. The number of rotatable bonds is 3. The zero-order valence-corrected chi connectivity index (χ0v) is 15.8. The summed E-state index contributed by atoms with van der Waals surface area (Å²) >= 11 is 3.53. The summed E-state index contributed by atoms with van der Waals surface area (Å²) < 4.78 is 8.00. The van der Waals surface area contributed by atoms with E-state index in [2.05, 4.69) is 31.1 Å². The predicted octanol–water partition coefficient (Wildman–Crippen LogP) is 3.65. The topological polar surface area (TPSA) is 73.8 Å². The molecule has 0 bridgehead atoms. The molecule has 0 aliphatic carbocycles. The Hall–Kier alpha value is -2.80. The molecule has 0 saturated carbocycles. The molecule has 0 fully saturated rings. The van der Waals surface area contributed by atoms with E-state index in [-0.39, 0.29) is 5.56 Å². The van der Waals surface area contributed by atoms with Gasteiger partial charge in [-0.2, -0.15) is 4.98 Å². The average molecular weight is 411 g/mol. The van der Waals surface area contributed by atoms with Gasteiger partial charge >= 0.3 is 0 Å². The fraction of sp³-hybridized carbons (Fsp3) is 0.158. The molecule has 7 heteroatoms. The lowest BCUT2D eigenvalue weighted by Crippen LogP contribution is -2.21. The number of hydrogen-bond acceptors (Lipinski definition) is 5. The van der Waals surface area contributed by atoms with Crippen LogP contribution >= 0.6 is 15.9 Å². The normalized spacial score (nSPS) is 11.2. The number of fused-ring (bicyclic) bond motifs is 1. The van der Waals surface area contributed by atoms with E-state index in [0.29, 0.717) is 23.8 Å². The Balaban J connectivity index is 1.70. The monoisotopic (exact) mass is 410 g/mol. The Bertz CT molecular complexity index is 1180. The zero-order chi connectivity index (χ0) is 18.3. The van der Waals surface area contributed by atoms with E-state index in [0.717, 1.165) is 26.6 Å². The number of halogens is 1. The lowest BCUT2D eigenvalue weighted by atomic mass is 10.1. The molecule has 0 spiro atoms. The fourth-order valence-corrected chi connectivity index (χ4v) is 3.29. The maximum Gasteiger partial charge on any atom is 0.272 e. The Kier molecular flexibility index (Phi) is 4.16.